The van der Waals surface area contributed by atoms with Crippen LogP contribution in [0.3, 0.4) is 0 Å². The maximum Gasteiger partial charge on any atom is 0.421 e. The summed E-state index contributed by atoms with van der Waals surface area (Å²) in [6.45, 7) is 1.84. The van der Waals surface area contributed by atoms with Gasteiger partial charge in [0.25, 0.3) is 5.91 Å². The van der Waals surface area contributed by atoms with Crippen molar-refractivity contribution < 1.29 is 27.5 Å². The number of piperidine rings is 1. The first-order chi connectivity index (χ1) is 17.6. The minimum atomic E-state index is -4.69. The van der Waals surface area contributed by atoms with Gasteiger partial charge in [-0.15, -0.1) is 11.6 Å². The molecule has 0 spiro atoms. The number of amides is 2. The Morgan fingerprint density at radius 3 is 2.59 bits per heavy atom. The second-order valence-corrected chi connectivity index (χ2v) is 8.72. The lowest BCUT2D eigenvalue weighted by molar-refractivity contribution is -0.137. The maximum absolute atomic E-state index is 13.4. The number of nitrogens with one attached hydrogen (secondary N) is 4. The van der Waals surface area contributed by atoms with Gasteiger partial charge in [-0.05, 0) is 51.2 Å². The van der Waals surface area contributed by atoms with Gasteiger partial charge in [0.05, 0.1) is 12.8 Å². The number of ether oxygens (including phenoxy) is 1. The Morgan fingerprint density at radius 2 is 1.95 bits per heavy atom. The van der Waals surface area contributed by atoms with E-state index in [1.54, 1.807) is 12.1 Å². The molecule has 1 saturated heterocycles. The molecule has 1 aliphatic rings. The number of benzene rings is 1. The van der Waals surface area contributed by atoms with Crippen molar-refractivity contribution in [2.75, 3.05) is 56.9 Å². The van der Waals surface area contributed by atoms with Crippen molar-refractivity contribution in [2.24, 2.45) is 0 Å². The molecule has 0 radical (unpaired) electrons. The third-order valence-corrected chi connectivity index (χ3v) is 5.96. The number of aromatic nitrogens is 2. The van der Waals surface area contributed by atoms with E-state index in [0.29, 0.717) is 17.4 Å². The minimum Gasteiger partial charge on any atom is -0.495 e. The quantitative estimate of drug-likeness (QED) is 0.267. The van der Waals surface area contributed by atoms with Crippen LogP contribution in [0.1, 0.15) is 28.8 Å². The van der Waals surface area contributed by atoms with Crippen LogP contribution in [0.25, 0.3) is 0 Å². The number of methoxy groups -OCH3 is 1. The monoisotopic (exact) mass is 543 g/mol. The molecule has 0 atom stereocenters. The number of hydrogen-bond acceptors (Lipinski definition) is 8. The predicted octanol–water partition coefficient (Wildman–Crippen LogP) is 2.84. The van der Waals surface area contributed by atoms with Crippen LogP contribution in [-0.4, -0.2) is 78.9 Å². The summed E-state index contributed by atoms with van der Waals surface area (Å²) >= 11 is 5.39. The summed E-state index contributed by atoms with van der Waals surface area (Å²) in [5.74, 6) is -1.23. The van der Waals surface area contributed by atoms with Crippen molar-refractivity contribution in [2.45, 2.75) is 25.1 Å². The van der Waals surface area contributed by atoms with Crippen LogP contribution in [0.2, 0.25) is 0 Å². The molecule has 4 N–H and O–H groups in total. The van der Waals surface area contributed by atoms with Gasteiger partial charge >= 0.3 is 6.18 Å². The van der Waals surface area contributed by atoms with Gasteiger partial charge < -0.3 is 30.9 Å². The standard InChI is InChI=1S/C23H29ClF3N7O3/c1-34-9-5-15(6-10-34)31-21(36)14-3-4-17(18(11-14)37-2)32-22-30-13-16(23(25,26)27)20(33-22)29-8-7-28-19(35)12-24/h3-4,11,13,15H,5-10,12H2,1-2H3,(H,28,35)(H,31,36)(H2,29,30,32,33). The van der Waals surface area contributed by atoms with Crippen LogP contribution >= 0.6 is 11.6 Å². The molecule has 10 nitrogen and oxygen atoms in total. The number of carbonyl (C=O) groups excluding carboxylic acids is 2. The molecular weight excluding hydrogens is 515 g/mol. The van der Waals surface area contributed by atoms with Gasteiger partial charge in [0, 0.05) is 30.9 Å². The number of halogens is 4. The molecule has 3 rings (SSSR count). The van der Waals surface area contributed by atoms with Crippen LogP contribution < -0.4 is 26.0 Å². The first-order valence-electron chi connectivity index (χ1n) is 11.6. The smallest absolute Gasteiger partial charge is 0.421 e. The van der Waals surface area contributed by atoms with Crippen LogP contribution in [0.15, 0.2) is 24.4 Å². The number of rotatable bonds is 10. The van der Waals surface area contributed by atoms with E-state index in [4.69, 9.17) is 16.3 Å². The van der Waals surface area contributed by atoms with E-state index in [0.717, 1.165) is 25.9 Å². The van der Waals surface area contributed by atoms with Crippen LogP contribution in [0.5, 0.6) is 5.75 Å². The lowest BCUT2D eigenvalue weighted by Gasteiger charge is -2.29. The van der Waals surface area contributed by atoms with Crippen molar-refractivity contribution in [1.29, 1.82) is 0 Å². The molecular formula is C23H29ClF3N7O3. The molecule has 1 aromatic heterocycles. The molecule has 2 aromatic rings. The van der Waals surface area contributed by atoms with Gasteiger partial charge in [-0.1, -0.05) is 0 Å². The maximum atomic E-state index is 13.4. The highest BCUT2D eigenvalue weighted by atomic mass is 35.5. The summed E-state index contributed by atoms with van der Waals surface area (Å²) in [6.07, 6.45) is -2.31. The largest absolute Gasteiger partial charge is 0.495 e. The van der Waals surface area contributed by atoms with Crippen molar-refractivity contribution in [3.63, 3.8) is 0 Å². The number of carbonyl (C=O) groups is 2. The van der Waals surface area contributed by atoms with Gasteiger partial charge in [0.2, 0.25) is 11.9 Å². The Hall–Kier alpha value is -3.32. The first-order valence-corrected chi connectivity index (χ1v) is 12.1. The molecule has 37 heavy (non-hydrogen) atoms. The van der Waals surface area contributed by atoms with Gasteiger partial charge in [-0.25, -0.2) is 4.98 Å². The van der Waals surface area contributed by atoms with E-state index in [2.05, 4.69) is 36.1 Å². The summed E-state index contributed by atoms with van der Waals surface area (Å²) < 4.78 is 45.7. The summed E-state index contributed by atoms with van der Waals surface area (Å²) in [4.78, 5) is 33.9. The zero-order valence-electron chi connectivity index (χ0n) is 20.4. The van der Waals surface area contributed by atoms with Crippen LogP contribution in [0.4, 0.5) is 30.6 Å². The number of hydrogen-bond donors (Lipinski definition) is 4. The normalized spacial score (nSPS) is 14.6. The highest BCUT2D eigenvalue weighted by molar-refractivity contribution is 6.27. The number of anilines is 3. The van der Waals surface area contributed by atoms with Crippen molar-refractivity contribution in [1.82, 2.24) is 25.5 Å². The second kappa shape index (κ2) is 12.8. The summed E-state index contributed by atoms with van der Waals surface area (Å²) in [7, 11) is 3.45. The Bertz CT molecular complexity index is 1100. The molecule has 14 heteroatoms. The SMILES string of the molecule is COc1cc(C(=O)NC2CCN(C)CC2)ccc1Nc1ncc(C(F)(F)F)c(NCCNC(=O)CCl)n1. The fraction of sp³-hybridized carbons (Fsp3) is 0.478. The predicted molar refractivity (Wildman–Crippen MR) is 134 cm³/mol. The third kappa shape index (κ3) is 8.09. The van der Waals surface area contributed by atoms with Gasteiger partial charge in [0.15, 0.2) is 0 Å². The number of likely N-dealkylation sites (tertiary alicyclic amines) is 1. The average molecular weight is 544 g/mol. The first kappa shape index (κ1) is 28.3. The molecule has 202 valence electrons. The Kier molecular flexibility index (Phi) is 9.75. The van der Waals surface area contributed by atoms with E-state index in [1.807, 2.05) is 7.05 Å². The van der Waals surface area contributed by atoms with E-state index in [1.165, 1.54) is 13.2 Å². The number of nitrogens with zero attached hydrogens (tertiary/aromatic N) is 3. The highest BCUT2D eigenvalue weighted by Gasteiger charge is 2.35. The van der Waals surface area contributed by atoms with Crippen LogP contribution in [-0.2, 0) is 11.0 Å². The minimum absolute atomic E-state index is 0.0213. The van der Waals surface area contributed by atoms with Crippen molar-refractivity contribution in [3.05, 3.63) is 35.5 Å². The second-order valence-electron chi connectivity index (χ2n) is 8.46. The summed E-state index contributed by atoms with van der Waals surface area (Å²) in [5, 5.41) is 10.9. The summed E-state index contributed by atoms with van der Waals surface area (Å²) in [5.41, 5.74) is -0.316. The fourth-order valence-electron chi connectivity index (χ4n) is 3.69. The zero-order valence-corrected chi connectivity index (χ0v) is 21.2. The highest BCUT2D eigenvalue weighted by Crippen LogP contribution is 2.35. The molecule has 0 aliphatic carbocycles. The lowest BCUT2D eigenvalue weighted by Crippen LogP contribution is -2.43. The van der Waals surface area contributed by atoms with Crippen molar-refractivity contribution >= 4 is 40.9 Å². The molecule has 1 aromatic carbocycles. The van der Waals surface area contributed by atoms with E-state index >= 15 is 0 Å². The molecule has 0 saturated carbocycles. The number of alkyl halides is 4. The summed E-state index contributed by atoms with van der Waals surface area (Å²) in [6, 6.07) is 4.77. The topological polar surface area (TPSA) is 121 Å². The molecule has 0 bridgehead atoms. The molecule has 0 unspecified atom stereocenters. The Balaban J connectivity index is 1.72. The third-order valence-electron chi connectivity index (χ3n) is 5.72. The molecule has 2 heterocycles. The molecule has 1 fully saturated rings. The van der Waals surface area contributed by atoms with Crippen LogP contribution in [0, 0.1) is 0 Å². The van der Waals surface area contributed by atoms with E-state index in [9.17, 15) is 22.8 Å². The molecule has 2 amide bonds. The Labute approximate surface area is 217 Å². The van der Waals surface area contributed by atoms with Gasteiger partial charge in [-0.2, -0.15) is 18.2 Å². The zero-order chi connectivity index (χ0) is 27.0. The van der Waals surface area contributed by atoms with E-state index in [-0.39, 0.29) is 42.6 Å². The molecule has 1 aliphatic heterocycles. The fourth-order valence-corrected chi connectivity index (χ4v) is 3.79. The van der Waals surface area contributed by atoms with Gasteiger partial charge in [-0.3, -0.25) is 9.59 Å². The lowest BCUT2D eigenvalue weighted by atomic mass is 10.0. The van der Waals surface area contributed by atoms with E-state index < -0.39 is 23.5 Å². The average Bonchev–Trinajstić information content (AvgIpc) is 2.87. The Morgan fingerprint density at radius 1 is 1.22 bits per heavy atom. The van der Waals surface area contributed by atoms with Crippen molar-refractivity contribution in [3.8, 4) is 5.75 Å². The van der Waals surface area contributed by atoms with Gasteiger partial charge in [0.1, 0.15) is 23.0 Å².